The molecule has 1 fully saturated rings. The molecule has 0 aliphatic carbocycles. The van der Waals surface area contributed by atoms with E-state index in [9.17, 15) is 14.4 Å². The van der Waals surface area contributed by atoms with Gasteiger partial charge in [0.15, 0.2) is 0 Å². The molecule has 2 aromatic rings. The summed E-state index contributed by atoms with van der Waals surface area (Å²) < 4.78 is 5.64. The molecule has 3 rings (SSSR count). The van der Waals surface area contributed by atoms with Gasteiger partial charge < -0.3 is 15.0 Å². The number of piperidine rings is 1. The van der Waals surface area contributed by atoms with Crippen molar-refractivity contribution in [3.63, 3.8) is 0 Å². The number of carbonyl (C=O) groups excluding carboxylic acids is 3. The normalized spacial score (nSPS) is 14.3. The number of carbonyl (C=O) groups is 3. The van der Waals surface area contributed by atoms with Gasteiger partial charge in [0.05, 0.1) is 11.6 Å². The van der Waals surface area contributed by atoms with Gasteiger partial charge in [-0.2, -0.15) is 5.26 Å². The van der Waals surface area contributed by atoms with Gasteiger partial charge in [-0.1, -0.05) is 30.3 Å². The molecule has 7 heteroatoms. The smallest absolute Gasteiger partial charge is 0.339 e. The van der Waals surface area contributed by atoms with Crippen LogP contribution in [0.2, 0.25) is 0 Å². The first kappa shape index (κ1) is 21.1. The van der Waals surface area contributed by atoms with Crippen molar-refractivity contribution in [3.05, 3.63) is 65.7 Å². The molecule has 1 heterocycles. The van der Waals surface area contributed by atoms with Crippen LogP contribution in [-0.4, -0.2) is 35.8 Å². The van der Waals surface area contributed by atoms with E-state index in [1.807, 2.05) is 6.07 Å². The highest BCUT2D eigenvalue weighted by Crippen LogP contribution is 2.24. The standard InChI is InChI=1S/C23H23N3O4/c24-14-13-20(27)25-19-11-9-18(10-12-19)23(29)30-21(17-7-3-1-4-8-17)22(28)26-15-5-2-6-16-26/h1,3-4,7-12,21H,2,5-6,13,15-16H2,(H,25,27)/t21-/m0/s1. The van der Waals surface area contributed by atoms with E-state index in [4.69, 9.17) is 10.00 Å². The second kappa shape index (κ2) is 10.2. The highest BCUT2D eigenvalue weighted by atomic mass is 16.5. The molecule has 2 amide bonds. The summed E-state index contributed by atoms with van der Waals surface area (Å²) in [5.74, 6) is -1.26. The van der Waals surface area contributed by atoms with Crippen LogP contribution in [0.5, 0.6) is 0 Å². The Morgan fingerprint density at radius 3 is 2.30 bits per heavy atom. The lowest BCUT2D eigenvalue weighted by Crippen LogP contribution is -2.40. The molecule has 0 aromatic heterocycles. The van der Waals surface area contributed by atoms with Gasteiger partial charge >= 0.3 is 5.97 Å². The SMILES string of the molecule is N#CCC(=O)Nc1ccc(C(=O)O[C@H](C(=O)N2CCCCC2)c2ccccc2)cc1. The fourth-order valence-electron chi connectivity index (χ4n) is 3.31. The Hall–Kier alpha value is -3.66. The molecule has 1 aliphatic heterocycles. The lowest BCUT2D eigenvalue weighted by Gasteiger charge is -2.30. The largest absolute Gasteiger partial charge is 0.444 e. The minimum Gasteiger partial charge on any atom is -0.444 e. The van der Waals surface area contributed by atoms with Gasteiger partial charge in [0.2, 0.25) is 12.0 Å². The van der Waals surface area contributed by atoms with E-state index in [-0.39, 0.29) is 17.9 Å². The van der Waals surface area contributed by atoms with Gasteiger partial charge in [0, 0.05) is 24.3 Å². The Balaban J connectivity index is 1.73. The van der Waals surface area contributed by atoms with Crippen molar-refractivity contribution < 1.29 is 19.1 Å². The van der Waals surface area contributed by atoms with E-state index in [0.717, 1.165) is 19.3 Å². The predicted molar refractivity (Wildman–Crippen MR) is 110 cm³/mol. The van der Waals surface area contributed by atoms with Crippen molar-refractivity contribution in [1.29, 1.82) is 5.26 Å². The van der Waals surface area contributed by atoms with Crippen LogP contribution in [0.1, 0.15) is 47.7 Å². The Bertz CT molecular complexity index is 929. The predicted octanol–water partition coefficient (Wildman–Crippen LogP) is 3.45. The molecular weight excluding hydrogens is 382 g/mol. The van der Waals surface area contributed by atoms with Crippen molar-refractivity contribution in [2.24, 2.45) is 0 Å². The number of benzene rings is 2. The third kappa shape index (κ3) is 5.45. The van der Waals surface area contributed by atoms with Crippen LogP contribution < -0.4 is 5.32 Å². The third-order valence-electron chi connectivity index (χ3n) is 4.86. The van der Waals surface area contributed by atoms with Crippen molar-refractivity contribution in [1.82, 2.24) is 4.90 Å². The maximum atomic E-state index is 13.1. The van der Waals surface area contributed by atoms with E-state index < -0.39 is 18.0 Å². The number of amides is 2. The molecule has 0 spiro atoms. The minimum atomic E-state index is -1.01. The number of likely N-dealkylation sites (tertiary alicyclic amines) is 1. The molecule has 1 atom stereocenters. The van der Waals surface area contributed by atoms with Crippen LogP contribution in [0.3, 0.4) is 0 Å². The number of hydrogen-bond acceptors (Lipinski definition) is 5. The first-order valence-electron chi connectivity index (χ1n) is 9.90. The summed E-state index contributed by atoms with van der Waals surface area (Å²) in [6.07, 6.45) is 1.73. The number of anilines is 1. The number of nitrogens with one attached hydrogen (secondary N) is 1. The molecular formula is C23H23N3O4. The average molecular weight is 405 g/mol. The second-order valence-electron chi connectivity index (χ2n) is 7.04. The first-order chi connectivity index (χ1) is 14.6. The van der Waals surface area contributed by atoms with E-state index in [0.29, 0.717) is 24.3 Å². The van der Waals surface area contributed by atoms with Gasteiger partial charge in [-0.3, -0.25) is 9.59 Å². The van der Waals surface area contributed by atoms with E-state index in [1.54, 1.807) is 47.4 Å². The molecule has 0 unspecified atom stereocenters. The highest BCUT2D eigenvalue weighted by molar-refractivity contribution is 5.95. The number of nitriles is 1. The topological polar surface area (TPSA) is 99.5 Å². The van der Waals surface area contributed by atoms with E-state index in [1.165, 1.54) is 12.1 Å². The maximum absolute atomic E-state index is 13.1. The van der Waals surface area contributed by atoms with Crippen LogP contribution in [-0.2, 0) is 14.3 Å². The number of ether oxygens (including phenoxy) is 1. The first-order valence-corrected chi connectivity index (χ1v) is 9.90. The van der Waals surface area contributed by atoms with E-state index >= 15 is 0 Å². The lowest BCUT2D eigenvalue weighted by molar-refractivity contribution is -0.142. The fourth-order valence-corrected chi connectivity index (χ4v) is 3.31. The van der Waals surface area contributed by atoms with Crippen LogP contribution in [0.15, 0.2) is 54.6 Å². The van der Waals surface area contributed by atoms with Crippen molar-refractivity contribution in [2.45, 2.75) is 31.8 Å². The molecule has 7 nitrogen and oxygen atoms in total. The zero-order chi connectivity index (χ0) is 21.3. The van der Waals surface area contributed by atoms with Crippen LogP contribution in [0.4, 0.5) is 5.69 Å². The third-order valence-corrected chi connectivity index (χ3v) is 4.86. The van der Waals surface area contributed by atoms with E-state index in [2.05, 4.69) is 5.32 Å². The van der Waals surface area contributed by atoms with Gasteiger partial charge in [-0.05, 0) is 43.5 Å². The Labute approximate surface area is 175 Å². The number of nitrogens with zero attached hydrogens (tertiary/aromatic N) is 2. The summed E-state index contributed by atoms with van der Waals surface area (Å²) in [7, 11) is 0. The van der Waals surface area contributed by atoms with Gasteiger partial charge in [-0.25, -0.2) is 4.79 Å². The van der Waals surface area contributed by atoms with Gasteiger partial charge in [0.1, 0.15) is 6.42 Å². The zero-order valence-corrected chi connectivity index (χ0v) is 16.5. The summed E-state index contributed by atoms with van der Waals surface area (Å²) in [5.41, 5.74) is 1.36. The molecule has 154 valence electrons. The molecule has 30 heavy (non-hydrogen) atoms. The molecule has 1 N–H and O–H groups in total. The Morgan fingerprint density at radius 2 is 1.67 bits per heavy atom. The Morgan fingerprint density at radius 1 is 1.00 bits per heavy atom. The molecule has 0 saturated carbocycles. The second-order valence-corrected chi connectivity index (χ2v) is 7.04. The molecule has 2 aromatic carbocycles. The Kier molecular flexibility index (Phi) is 7.17. The molecule has 1 saturated heterocycles. The highest BCUT2D eigenvalue weighted by Gasteiger charge is 2.30. The fraction of sp³-hybridized carbons (Fsp3) is 0.304. The maximum Gasteiger partial charge on any atom is 0.339 e. The average Bonchev–Trinajstić information content (AvgIpc) is 2.78. The number of rotatable bonds is 6. The summed E-state index contributed by atoms with van der Waals surface area (Å²) >= 11 is 0. The minimum absolute atomic E-state index is 0.213. The van der Waals surface area contributed by atoms with Crippen LogP contribution in [0.25, 0.3) is 0 Å². The van der Waals surface area contributed by atoms with Gasteiger partial charge in [0.25, 0.3) is 5.91 Å². The molecule has 0 bridgehead atoms. The summed E-state index contributed by atoms with van der Waals surface area (Å²) in [4.78, 5) is 39.0. The monoisotopic (exact) mass is 405 g/mol. The molecule has 1 aliphatic rings. The number of hydrogen-bond donors (Lipinski definition) is 1. The number of esters is 1. The lowest BCUT2D eigenvalue weighted by atomic mass is 10.1. The summed E-state index contributed by atoms with van der Waals surface area (Å²) in [6.45, 7) is 1.33. The van der Waals surface area contributed by atoms with Crippen LogP contribution >= 0.6 is 0 Å². The van der Waals surface area contributed by atoms with Crippen molar-refractivity contribution in [3.8, 4) is 6.07 Å². The molecule has 0 radical (unpaired) electrons. The van der Waals surface area contributed by atoms with Crippen molar-refractivity contribution in [2.75, 3.05) is 18.4 Å². The quantitative estimate of drug-likeness (QED) is 0.742. The summed E-state index contributed by atoms with van der Waals surface area (Å²) in [5, 5.41) is 11.1. The zero-order valence-electron chi connectivity index (χ0n) is 16.5. The van der Waals surface area contributed by atoms with Gasteiger partial charge in [-0.15, -0.1) is 0 Å². The summed E-state index contributed by atoms with van der Waals surface area (Å²) in [6, 6.07) is 16.9. The van der Waals surface area contributed by atoms with Crippen molar-refractivity contribution >= 4 is 23.5 Å². The van der Waals surface area contributed by atoms with Crippen LogP contribution in [0, 0.1) is 11.3 Å².